The zero-order valence-electron chi connectivity index (χ0n) is 11.3. The summed E-state index contributed by atoms with van der Waals surface area (Å²) in [6.07, 6.45) is -0.467. The van der Waals surface area contributed by atoms with Gasteiger partial charge in [-0.15, -0.1) is 0 Å². The van der Waals surface area contributed by atoms with E-state index in [1.54, 1.807) is 0 Å². The molecule has 0 aromatic carbocycles. The monoisotopic (exact) mass is 278 g/mol. The third-order valence-electron chi connectivity index (χ3n) is 2.37. The third kappa shape index (κ3) is 8.36. The minimum atomic E-state index is -1.52. The number of ether oxygens (including phenoxy) is 1. The number of methoxy groups -OCH3 is 1. The maximum absolute atomic E-state index is 11.8. The van der Waals surface area contributed by atoms with Gasteiger partial charge in [-0.05, 0) is 6.92 Å². The van der Waals surface area contributed by atoms with Crippen LogP contribution in [0.5, 0.6) is 0 Å². The zero-order chi connectivity index (χ0) is 14.9. The minimum absolute atomic E-state index is 0.135. The number of carbonyl (C=O) groups excluding carboxylic acids is 1. The molecule has 8 heteroatoms. The topological polar surface area (TPSA) is 119 Å². The van der Waals surface area contributed by atoms with E-state index in [1.807, 2.05) is 0 Å². The van der Waals surface area contributed by atoms with Crippen molar-refractivity contribution < 1.29 is 29.6 Å². The van der Waals surface area contributed by atoms with Gasteiger partial charge in [0.05, 0.1) is 25.2 Å². The van der Waals surface area contributed by atoms with E-state index in [-0.39, 0.29) is 19.7 Å². The number of carbonyl (C=O) groups is 2. The Morgan fingerprint density at radius 2 is 2.00 bits per heavy atom. The van der Waals surface area contributed by atoms with Gasteiger partial charge in [-0.25, -0.2) is 4.79 Å². The summed E-state index contributed by atoms with van der Waals surface area (Å²) < 4.78 is 4.84. The number of nitrogens with one attached hydrogen (secondary N) is 1. The predicted octanol–water partition coefficient (Wildman–Crippen LogP) is -1.14. The van der Waals surface area contributed by atoms with Gasteiger partial charge < -0.3 is 30.3 Å². The van der Waals surface area contributed by atoms with Crippen molar-refractivity contribution in [1.82, 2.24) is 10.2 Å². The van der Waals surface area contributed by atoms with Gasteiger partial charge in [0.2, 0.25) is 0 Å². The Morgan fingerprint density at radius 1 is 1.37 bits per heavy atom. The van der Waals surface area contributed by atoms with E-state index < -0.39 is 24.0 Å². The van der Waals surface area contributed by atoms with E-state index in [2.05, 4.69) is 5.32 Å². The zero-order valence-corrected chi connectivity index (χ0v) is 11.3. The normalized spacial score (nSPS) is 13.7. The van der Waals surface area contributed by atoms with Crippen LogP contribution in [0.3, 0.4) is 0 Å². The molecule has 0 heterocycles. The molecular weight excluding hydrogens is 256 g/mol. The van der Waals surface area contributed by atoms with Crippen molar-refractivity contribution >= 4 is 12.0 Å². The lowest BCUT2D eigenvalue weighted by Crippen LogP contribution is -2.48. The Labute approximate surface area is 112 Å². The summed E-state index contributed by atoms with van der Waals surface area (Å²) >= 11 is 0. The maximum Gasteiger partial charge on any atom is 0.317 e. The average Bonchev–Trinajstić information content (AvgIpc) is 2.30. The molecular formula is C11H22N2O6. The Morgan fingerprint density at radius 3 is 2.47 bits per heavy atom. The van der Waals surface area contributed by atoms with Crippen LogP contribution < -0.4 is 5.32 Å². The Bertz CT molecular complexity index is 295. The summed E-state index contributed by atoms with van der Waals surface area (Å²) in [5.41, 5.74) is -1.52. The largest absolute Gasteiger partial charge is 0.481 e. The van der Waals surface area contributed by atoms with Crippen molar-refractivity contribution in [2.45, 2.75) is 18.9 Å². The molecule has 2 amide bonds. The van der Waals surface area contributed by atoms with Gasteiger partial charge in [-0.3, -0.25) is 4.79 Å². The van der Waals surface area contributed by atoms with E-state index in [1.165, 1.54) is 18.9 Å². The minimum Gasteiger partial charge on any atom is -0.481 e. The molecule has 112 valence electrons. The van der Waals surface area contributed by atoms with Gasteiger partial charge in [-0.1, -0.05) is 0 Å². The second kappa shape index (κ2) is 8.68. The first-order chi connectivity index (χ1) is 8.82. The van der Waals surface area contributed by atoms with Crippen molar-refractivity contribution in [2.24, 2.45) is 0 Å². The highest BCUT2D eigenvalue weighted by molar-refractivity contribution is 5.74. The van der Waals surface area contributed by atoms with Crippen LogP contribution in [0.25, 0.3) is 0 Å². The summed E-state index contributed by atoms with van der Waals surface area (Å²) in [6.45, 7) is 1.70. The standard InChI is InChI=1S/C11H22N2O6/c1-11(18,7-9(15)16)8-12-10(17)13(3-5-14)4-6-19-2/h14,18H,3-8H2,1-2H3,(H,12,17)(H,15,16). The lowest BCUT2D eigenvalue weighted by atomic mass is 10.0. The SMILES string of the molecule is COCCN(CCO)C(=O)NCC(C)(O)CC(=O)O. The first kappa shape index (κ1) is 17.6. The number of carboxylic acid groups (broad SMARTS) is 1. The smallest absolute Gasteiger partial charge is 0.317 e. The van der Waals surface area contributed by atoms with Crippen molar-refractivity contribution in [3.8, 4) is 0 Å². The van der Waals surface area contributed by atoms with E-state index >= 15 is 0 Å². The maximum atomic E-state index is 11.8. The molecule has 8 nitrogen and oxygen atoms in total. The first-order valence-electron chi connectivity index (χ1n) is 5.89. The van der Waals surface area contributed by atoms with Crippen molar-refractivity contribution in [2.75, 3.05) is 40.0 Å². The van der Waals surface area contributed by atoms with Crippen LogP contribution >= 0.6 is 0 Å². The Kier molecular flexibility index (Phi) is 8.05. The fourth-order valence-corrected chi connectivity index (χ4v) is 1.40. The number of hydrogen-bond acceptors (Lipinski definition) is 5. The lowest BCUT2D eigenvalue weighted by molar-refractivity contribution is -0.141. The van der Waals surface area contributed by atoms with Gasteiger partial charge in [0.25, 0.3) is 0 Å². The van der Waals surface area contributed by atoms with Gasteiger partial charge in [0, 0.05) is 26.7 Å². The highest BCUT2D eigenvalue weighted by atomic mass is 16.5. The van der Waals surface area contributed by atoms with E-state index in [0.717, 1.165) is 0 Å². The third-order valence-corrected chi connectivity index (χ3v) is 2.37. The molecule has 0 aromatic rings. The molecule has 4 N–H and O–H groups in total. The first-order valence-corrected chi connectivity index (χ1v) is 5.89. The molecule has 19 heavy (non-hydrogen) atoms. The molecule has 0 aliphatic rings. The summed E-state index contributed by atoms with van der Waals surface area (Å²) in [7, 11) is 1.49. The quantitative estimate of drug-likeness (QED) is 0.423. The molecule has 0 bridgehead atoms. The molecule has 1 atom stereocenters. The molecule has 0 fully saturated rings. The summed E-state index contributed by atoms with van der Waals surface area (Å²) in [6, 6.07) is -0.489. The Balaban J connectivity index is 4.27. The van der Waals surface area contributed by atoms with Crippen molar-refractivity contribution in [3.63, 3.8) is 0 Å². The molecule has 0 radical (unpaired) electrons. The second-order valence-corrected chi connectivity index (χ2v) is 4.43. The fraction of sp³-hybridized carbons (Fsp3) is 0.818. The van der Waals surface area contributed by atoms with Crippen LogP contribution in [0.15, 0.2) is 0 Å². The number of urea groups is 1. The second-order valence-electron chi connectivity index (χ2n) is 4.43. The van der Waals surface area contributed by atoms with Gasteiger partial charge >= 0.3 is 12.0 Å². The number of aliphatic hydroxyl groups excluding tert-OH is 1. The number of aliphatic carboxylic acids is 1. The Hall–Kier alpha value is -1.38. The van der Waals surface area contributed by atoms with Crippen molar-refractivity contribution in [1.29, 1.82) is 0 Å². The molecule has 0 saturated carbocycles. The van der Waals surface area contributed by atoms with E-state index in [4.69, 9.17) is 14.9 Å². The molecule has 0 rings (SSSR count). The molecule has 0 saturated heterocycles. The van der Waals surface area contributed by atoms with Gasteiger partial charge in [0.1, 0.15) is 0 Å². The number of nitrogens with zero attached hydrogens (tertiary/aromatic N) is 1. The van der Waals surface area contributed by atoms with Gasteiger partial charge in [0.15, 0.2) is 0 Å². The lowest BCUT2D eigenvalue weighted by Gasteiger charge is -2.26. The van der Waals surface area contributed by atoms with Crippen molar-refractivity contribution in [3.05, 3.63) is 0 Å². The van der Waals surface area contributed by atoms with Crippen LogP contribution in [-0.4, -0.2) is 77.8 Å². The van der Waals surface area contributed by atoms with Crippen LogP contribution in [0, 0.1) is 0 Å². The summed E-state index contributed by atoms with van der Waals surface area (Å²) in [5, 5.41) is 29.6. The predicted molar refractivity (Wildman–Crippen MR) is 66.8 cm³/mol. The molecule has 0 spiro atoms. The highest BCUT2D eigenvalue weighted by Gasteiger charge is 2.25. The number of hydrogen-bond donors (Lipinski definition) is 4. The highest BCUT2D eigenvalue weighted by Crippen LogP contribution is 2.07. The number of carboxylic acids is 1. The van der Waals surface area contributed by atoms with E-state index in [9.17, 15) is 14.7 Å². The average molecular weight is 278 g/mol. The fourth-order valence-electron chi connectivity index (χ4n) is 1.40. The molecule has 0 aromatic heterocycles. The number of amides is 2. The van der Waals surface area contributed by atoms with Crippen LogP contribution in [-0.2, 0) is 9.53 Å². The van der Waals surface area contributed by atoms with Crippen LogP contribution in [0.1, 0.15) is 13.3 Å². The van der Waals surface area contributed by atoms with E-state index in [0.29, 0.717) is 13.2 Å². The molecule has 1 unspecified atom stereocenters. The summed E-state index contributed by atoms with van der Waals surface area (Å²) in [4.78, 5) is 23.6. The summed E-state index contributed by atoms with van der Waals surface area (Å²) in [5.74, 6) is -1.15. The van der Waals surface area contributed by atoms with Gasteiger partial charge in [-0.2, -0.15) is 0 Å². The number of aliphatic hydroxyl groups is 2. The van der Waals surface area contributed by atoms with Crippen LogP contribution in [0.4, 0.5) is 4.79 Å². The number of rotatable bonds is 9. The molecule has 0 aliphatic carbocycles. The van der Waals surface area contributed by atoms with Crippen LogP contribution in [0.2, 0.25) is 0 Å². The molecule has 0 aliphatic heterocycles.